The lowest BCUT2D eigenvalue weighted by Crippen LogP contribution is -2.00. The molecule has 0 aliphatic rings. The Bertz CT molecular complexity index is 240. The quantitative estimate of drug-likeness (QED) is 0.268. The van der Waals surface area contributed by atoms with E-state index in [0.29, 0.717) is 6.61 Å². The van der Waals surface area contributed by atoms with Gasteiger partial charge in [0.25, 0.3) is 0 Å². The molecule has 0 atom stereocenters. The standard InChI is InChI=1S/C17H32O2/c1-16(2)14-12-10-8-6-4-5-7-9-11-13-15-19-17(3)18/h14H,4-13,15H2,1-3H3. The molecule has 0 aliphatic carbocycles. The van der Waals surface area contributed by atoms with Gasteiger partial charge in [0.1, 0.15) is 0 Å². The molecule has 0 aromatic carbocycles. The van der Waals surface area contributed by atoms with E-state index in [1.807, 2.05) is 0 Å². The fraction of sp³-hybridized carbons (Fsp3) is 0.824. The average molecular weight is 268 g/mol. The SMILES string of the molecule is CC(=O)OCCCCCCCCCCCC=C(C)C. The first-order chi connectivity index (χ1) is 9.13. The van der Waals surface area contributed by atoms with Gasteiger partial charge in [-0.25, -0.2) is 0 Å². The van der Waals surface area contributed by atoms with E-state index in [9.17, 15) is 4.79 Å². The van der Waals surface area contributed by atoms with Crippen LogP contribution in [-0.2, 0) is 9.53 Å². The zero-order valence-electron chi connectivity index (χ0n) is 13.2. The summed E-state index contributed by atoms with van der Waals surface area (Å²) in [5.74, 6) is -0.159. The summed E-state index contributed by atoms with van der Waals surface area (Å²) in [7, 11) is 0. The second-order valence-corrected chi connectivity index (χ2v) is 5.59. The molecule has 0 radical (unpaired) electrons. The summed E-state index contributed by atoms with van der Waals surface area (Å²) in [6, 6.07) is 0. The van der Waals surface area contributed by atoms with Crippen LogP contribution in [0.15, 0.2) is 11.6 Å². The van der Waals surface area contributed by atoms with Crippen LogP contribution in [0, 0.1) is 0 Å². The Morgan fingerprint density at radius 1 is 0.789 bits per heavy atom. The number of hydrogen-bond acceptors (Lipinski definition) is 2. The van der Waals surface area contributed by atoms with Gasteiger partial charge in [0.2, 0.25) is 0 Å². The molecule has 0 amide bonds. The van der Waals surface area contributed by atoms with Crippen molar-refractivity contribution >= 4 is 5.97 Å². The van der Waals surface area contributed by atoms with Crippen molar-refractivity contribution in [3.63, 3.8) is 0 Å². The van der Waals surface area contributed by atoms with E-state index in [0.717, 1.165) is 6.42 Å². The molecule has 0 heterocycles. The summed E-state index contributed by atoms with van der Waals surface area (Å²) in [6.07, 6.45) is 15.2. The summed E-state index contributed by atoms with van der Waals surface area (Å²) in [5, 5.41) is 0. The Morgan fingerprint density at radius 2 is 1.26 bits per heavy atom. The zero-order chi connectivity index (χ0) is 14.3. The minimum absolute atomic E-state index is 0.159. The maximum Gasteiger partial charge on any atom is 0.302 e. The number of esters is 1. The van der Waals surface area contributed by atoms with Crippen molar-refractivity contribution < 1.29 is 9.53 Å². The lowest BCUT2D eigenvalue weighted by atomic mass is 10.1. The van der Waals surface area contributed by atoms with E-state index >= 15 is 0 Å². The molecule has 0 saturated heterocycles. The third-order valence-corrected chi connectivity index (χ3v) is 3.21. The van der Waals surface area contributed by atoms with Crippen LogP contribution in [-0.4, -0.2) is 12.6 Å². The van der Waals surface area contributed by atoms with E-state index in [2.05, 4.69) is 19.9 Å². The summed E-state index contributed by atoms with van der Waals surface area (Å²) in [6.45, 7) is 6.40. The zero-order valence-corrected chi connectivity index (χ0v) is 13.2. The number of unbranched alkanes of at least 4 members (excludes halogenated alkanes) is 9. The highest BCUT2D eigenvalue weighted by Crippen LogP contribution is 2.11. The maximum absolute atomic E-state index is 10.5. The summed E-state index contributed by atoms with van der Waals surface area (Å²) >= 11 is 0. The van der Waals surface area contributed by atoms with Crippen LogP contribution >= 0.6 is 0 Å². The predicted octanol–water partition coefficient (Wildman–Crippen LogP) is 5.42. The summed E-state index contributed by atoms with van der Waals surface area (Å²) in [4.78, 5) is 10.5. The van der Waals surface area contributed by atoms with Gasteiger partial charge in [-0.1, -0.05) is 56.6 Å². The molecule has 0 unspecified atom stereocenters. The Labute approximate surface area is 119 Å². The monoisotopic (exact) mass is 268 g/mol. The molecule has 0 fully saturated rings. The first kappa shape index (κ1) is 18.2. The van der Waals surface area contributed by atoms with E-state index in [1.165, 1.54) is 70.3 Å². The van der Waals surface area contributed by atoms with Crippen LogP contribution < -0.4 is 0 Å². The van der Waals surface area contributed by atoms with Crippen LogP contribution in [0.25, 0.3) is 0 Å². The normalized spacial score (nSPS) is 10.3. The molecular formula is C17H32O2. The third-order valence-electron chi connectivity index (χ3n) is 3.21. The largest absolute Gasteiger partial charge is 0.466 e. The van der Waals surface area contributed by atoms with Crippen LogP contribution in [0.1, 0.15) is 85.0 Å². The number of allylic oxidation sites excluding steroid dienone is 2. The van der Waals surface area contributed by atoms with Gasteiger partial charge < -0.3 is 4.74 Å². The van der Waals surface area contributed by atoms with E-state index < -0.39 is 0 Å². The number of carbonyl (C=O) groups excluding carboxylic acids is 1. The van der Waals surface area contributed by atoms with Crippen molar-refractivity contribution in [1.82, 2.24) is 0 Å². The molecule has 2 heteroatoms. The smallest absolute Gasteiger partial charge is 0.302 e. The molecule has 0 spiro atoms. The van der Waals surface area contributed by atoms with Crippen molar-refractivity contribution in [2.45, 2.75) is 85.0 Å². The molecule has 112 valence electrons. The van der Waals surface area contributed by atoms with Gasteiger partial charge in [0.15, 0.2) is 0 Å². The Morgan fingerprint density at radius 3 is 1.74 bits per heavy atom. The first-order valence-corrected chi connectivity index (χ1v) is 7.89. The molecule has 0 saturated carbocycles. The average Bonchev–Trinajstić information content (AvgIpc) is 2.34. The van der Waals surface area contributed by atoms with Gasteiger partial charge in [0, 0.05) is 6.92 Å². The van der Waals surface area contributed by atoms with Crippen LogP contribution in [0.5, 0.6) is 0 Å². The highest BCUT2D eigenvalue weighted by Gasteiger charge is 1.94. The molecule has 0 N–H and O–H groups in total. The molecule has 0 aromatic heterocycles. The van der Waals surface area contributed by atoms with Gasteiger partial charge >= 0.3 is 5.97 Å². The molecular weight excluding hydrogens is 236 g/mol. The molecule has 0 aliphatic heterocycles. The Hall–Kier alpha value is -0.790. The minimum Gasteiger partial charge on any atom is -0.466 e. The molecule has 19 heavy (non-hydrogen) atoms. The van der Waals surface area contributed by atoms with Gasteiger partial charge in [0.05, 0.1) is 6.61 Å². The van der Waals surface area contributed by atoms with Crippen LogP contribution in [0.2, 0.25) is 0 Å². The van der Waals surface area contributed by atoms with Crippen molar-refractivity contribution in [2.24, 2.45) is 0 Å². The molecule has 0 aromatic rings. The first-order valence-electron chi connectivity index (χ1n) is 7.89. The van der Waals surface area contributed by atoms with Gasteiger partial charge in [-0.3, -0.25) is 4.79 Å². The Balaban J connectivity index is 3.03. The van der Waals surface area contributed by atoms with Gasteiger partial charge in [-0.2, -0.15) is 0 Å². The van der Waals surface area contributed by atoms with Crippen LogP contribution in [0.3, 0.4) is 0 Å². The van der Waals surface area contributed by atoms with E-state index in [1.54, 1.807) is 0 Å². The van der Waals surface area contributed by atoms with Crippen molar-refractivity contribution in [3.05, 3.63) is 11.6 Å². The fourth-order valence-corrected chi connectivity index (χ4v) is 2.09. The number of hydrogen-bond donors (Lipinski definition) is 0. The third kappa shape index (κ3) is 17.2. The number of carbonyl (C=O) groups is 1. The second-order valence-electron chi connectivity index (χ2n) is 5.59. The number of rotatable bonds is 12. The van der Waals surface area contributed by atoms with Crippen molar-refractivity contribution in [3.8, 4) is 0 Å². The summed E-state index contributed by atoms with van der Waals surface area (Å²) < 4.78 is 4.90. The maximum atomic E-state index is 10.5. The molecule has 2 nitrogen and oxygen atoms in total. The van der Waals surface area contributed by atoms with Crippen molar-refractivity contribution in [1.29, 1.82) is 0 Å². The molecule has 0 rings (SSSR count). The second kappa shape index (κ2) is 13.6. The predicted molar refractivity (Wildman–Crippen MR) is 82.2 cm³/mol. The van der Waals surface area contributed by atoms with Crippen molar-refractivity contribution in [2.75, 3.05) is 6.61 Å². The van der Waals surface area contributed by atoms with E-state index in [4.69, 9.17) is 4.74 Å². The minimum atomic E-state index is -0.159. The van der Waals surface area contributed by atoms with Gasteiger partial charge in [-0.15, -0.1) is 0 Å². The fourth-order valence-electron chi connectivity index (χ4n) is 2.09. The van der Waals surface area contributed by atoms with Crippen LogP contribution in [0.4, 0.5) is 0 Å². The molecule has 0 bridgehead atoms. The number of ether oxygens (including phenoxy) is 1. The van der Waals surface area contributed by atoms with E-state index in [-0.39, 0.29) is 5.97 Å². The lowest BCUT2D eigenvalue weighted by molar-refractivity contribution is -0.141. The highest BCUT2D eigenvalue weighted by molar-refractivity contribution is 5.65. The van der Waals surface area contributed by atoms with Gasteiger partial charge in [-0.05, 0) is 33.1 Å². The lowest BCUT2D eigenvalue weighted by Gasteiger charge is -2.03. The topological polar surface area (TPSA) is 26.3 Å². The highest BCUT2D eigenvalue weighted by atomic mass is 16.5. The summed E-state index contributed by atoms with van der Waals surface area (Å²) in [5.41, 5.74) is 1.44. The Kier molecular flexibility index (Phi) is 13.1.